The summed E-state index contributed by atoms with van der Waals surface area (Å²) < 4.78 is 4.92. The van der Waals surface area contributed by atoms with Crippen molar-refractivity contribution in [3.63, 3.8) is 0 Å². The van der Waals surface area contributed by atoms with Crippen LogP contribution < -0.4 is 16.1 Å². The van der Waals surface area contributed by atoms with Crippen molar-refractivity contribution in [3.05, 3.63) is 81.4 Å². The van der Waals surface area contributed by atoms with Gasteiger partial charge in [-0.3, -0.25) is 33.9 Å². The Labute approximate surface area is 240 Å². The first-order chi connectivity index (χ1) is 20.1. The highest BCUT2D eigenvalue weighted by atomic mass is 32.2. The van der Waals surface area contributed by atoms with Gasteiger partial charge in [0, 0.05) is 30.6 Å². The molecule has 0 spiro atoms. The SMILES string of the molecule is CC(=O)OCC1=C(C(=O)O)N2C(=O)C(NC(=O)C(NC(=O)c3c[nH]c4cccnc4c3=O)c3ccc(O)cc3)[C@@H]2SC1. The molecule has 2 aromatic heterocycles. The van der Waals surface area contributed by atoms with E-state index in [0.29, 0.717) is 5.52 Å². The number of aliphatic carboxylic acids is 1. The summed E-state index contributed by atoms with van der Waals surface area (Å²) in [6.45, 7) is 0.881. The number of phenols is 1. The Morgan fingerprint density at radius 3 is 2.62 bits per heavy atom. The number of benzene rings is 1. The zero-order chi connectivity index (χ0) is 30.1. The number of rotatable bonds is 8. The fourth-order valence-corrected chi connectivity index (χ4v) is 5.94. The van der Waals surface area contributed by atoms with Gasteiger partial charge in [-0.05, 0) is 29.8 Å². The number of carbonyl (C=O) groups is 5. The summed E-state index contributed by atoms with van der Waals surface area (Å²) in [7, 11) is 0. The van der Waals surface area contributed by atoms with Gasteiger partial charge in [0.25, 0.3) is 11.8 Å². The Hall–Kier alpha value is -5.18. The van der Waals surface area contributed by atoms with Crippen LogP contribution in [0.15, 0.2) is 64.9 Å². The van der Waals surface area contributed by atoms with Gasteiger partial charge in [0.05, 0.1) is 5.52 Å². The number of H-pyrrole nitrogens is 1. The third kappa shape index (κ3) is 5.28. The van der Waals surface area contributed by atoms with Crippen molar-refractivity contribution >= 4 is 52.5 Å². The van der Waals surface area contributed by atoms with Gasteiger partial charge in [-0.1, -0.05) is 12.1 Å². The zero-order valence-corrected chi connectivity index (χ0v) is 22.6. The summed E-state index contributed by atoms with van der Waals surface area (Å²) in [6, 6.07) is 6.09. The number of hydrogen-bond acceptors (Lipinski definition) is 10. The van der Waals surface area contributed by atoms with Crippen LogP contribution >= 0.6 is 11.8 Å². The number of aromatic nitrogens is 2. The van der Waals surface area contributed by atoms with Gasteiger partial charge in [0.2, 0.25) is 11.3 Å². The van der Waals surface area contributed by atoms with Crippen molar-refractivity contribution in [2.45, 2.75) is 24.4 Å². The molecule has 42 heavy (non-hydrogen) atoms. The first-order valence-corrected chi connectivity index (χ1v) is 13.5. The molecule has 0 saturated carbocycles. The highest BCUT2D eigenvalue weighted by Crippen LogP contribution is 2.40. The second-order valence-electron chi connectivity index (χ2n) is 9.36. The molecule has 216 valence electrons. The summed E-state index contributed by atoms with van der Waals surface area (Å²) >= 11 is 1.18. The molecular formula is C27H23N5O9S. The second kappa shape index (κ2) is 11.4. The van der Waals surface area contributed by atoms with E-state index in [2.05, 4.69) is 20.6 Å². The maximum absolute atomic E-state index is 13.5. The number of hydrogen-bond donors (Lipinski definition) is 5. The number of ether oxygens (including phenoxy) is 1. The Morgan fingerprint density at radius 1 is 1.19 bits per heavy atom. The number of carboxylic acids is 1. The van der Waals surface area contributed by atoms with Crippen LogP contribution in [0.4, 0.5) is 0 Å². The highest BCUT2D eigenvalue weighted by Gasteiger charge is 2.54. The molecular weight excluding hydrogens is 570 g/mol. The molecule has 3 atom stereocenters. The van der Waals surface area contributed by atoms with Crippen LogP contribution in [0.1, 0.15) is 28.9 Å². The molecule has 0 aliphatic carbocycles. The van der Waals surface area contributed by atoms with Gasteiger partial charge < -0.3 is 30.6 Å². The number of pyridine rings is 2. The average molecular weight is 594 g/mol. The molecule has 5 N–H and O–H groups in total. The molecule has 1 saturated heterocycles. The predicted octanol–water partition coefficient (Wildman–Crippen LogP) is 0.402. The number of phenolic OH excluding ortho intramolecular Hbond substituents is 1. The van der Waals surface area contributed by atoms with Crippen LogP contribution in [-0.4, -0.2) is 78.5 Å². The van der Waals surface area contributed by atoms with E-state index in [4.69, 9.17) is 4.74 Å². The largest absolute Gasteiger partial charge is 0.508 e. The Balaban J connectivity index is 1.39. The van der Waals surface area contributed by atoms with Gasteiger partial charge in [-0.2, -0.15) is 0 Å². The molecule has 1 fully saturated rings. The third-order valence-electron chi connectivity index (χ3n) is 6.65. The molecule has 0 bridgehead atoms. The quantitative estimate of drug-likeness (QED) is 0.178. The molecule has 4 heterocycles. The van der Waals surface area contributed by atoms with E-state index in [9.17, 15) is 39.0 Å². The Kier molecular flexibility index (Phi) is 7.67. The normalized spacial score (nSPS) is 18.5. The van der Waals surface area contributed by atoms with Crippen LogP contribution in [0.3, 0.4) is 0 Å². The van der Waals surface area contributed by atoms with Gasteiger partial charge in [-0.15, -0.1) is 11.8 Å². The molecule has 1 aromatic carbocycles. The third-order valence-corrected chi connectivity index (χ3v) is 7.98. The summed E-state index contributed by atoms with van der Waals surface area (Å²) in [5.41, 5.74) is -0.361. The minimum Gasteiger partial charge on any atom is -0.508 e. The van der Waals surface area contributed by atoms with E-state index in [0.717, 1.165) is 4.90 Å². The highest BCUT2D eigenvalue weighted by molar-refractivity contribution is 8.00. The Morgan fingerprint density at radius 2 is 1.93 bits per heavy atom. The van der Waals surface area contributed by atoms with Crippen molar-refractivity contribution in [2.75, 3.05) is 12.4 Å². The number of carbonyl (C=O) groups excluding carboxylic acids is 4. The molecule has 2 unspecified atom stereocenters. The number of nitrogens with one attached hydrogen (secondary N) is 3. The topological polar surface area (TPSA) is 208 Å². The lowest BCUT2D eigenvalue weighted by atomic mass is 10.0. The molecule has 3 aromatic rings. The molecule has 0 radical (unpaired) electrons. The van der Waals surface area contributed by atoms with E-state index >= 15 is 0 Å². The second-order valence-corrected chi connectivity index (χ2v) is 10.5. The van der Waals surface area contributed by atoms with Crippen LogP contribution in [0.2, 0.25) is 0 Å². The van der Waals surface area contributed by atoms with Crippen LogP contribution in [0.5, 0.6) is 5.75 Å². The summed E-state index contributed by atoms with van der Waals surface area (Å²) in [5.74, 6) is -4.36. The van der Waals surface area contributed by atoms with Crippen molar-refractivity contribution < 1.29 is 38.9 Å². The molecule has 14 nitrogen and oxygen atoms in total. The predicted molar refractivity (Wildman–Crippen MR) is 147 cm³/mol. The molecule has 5 rings (SSSR count). The number of aromatic hydroxyl groups is 1. The van der Waals surface area contributed by atoms with E-state index < -0.39 is 52.5 Å². The van der Waals surface area contributed by atoms with E-state index in [1.54, 1.807) is 12.1 Å². The monoisotopic (exact) mass is 593 g/mol. The lowest BCUT2D eigenvalue weighted by Crippen LogP contribution is -2.71. The van der Waals surface area contributed by atoms with Crippen molar-refractivity contribution in [3.8, 4) is 5.75 Å². The maximum Gasteiger partial charge on any atom is 0.352 e. The fraction of sp³-hybridized carbons (Fsp3) is 0.222. The lowest BCUT2D eigenvalue weighted by Gasteiger charge is -2.49. The first-order valence-electron chi connectivity index (χ1n) is 12.5. The van der Waals surface area contributed by atoms with Gasteiger partial charge >= 0.3 is 11.9 Å². The average Bonchev–Trinajstić information content (AvgIpc) is 2.97. The first kappa shape index (κ1) is 28.4. The fourth-order valence-electron chi connectivity index (χ4n) is 4.61. The van der Waals surface area contributed by atoms with E-state index in [1.165, 1.54) is 55.3 Å². The smallest absolute Gasteiger partial charge is 0.352 e. The van der Waals surface area contributed by atoms with Gasteiger partial charge in [0.1, 0.15) is 46.6 Å². The van der Waals surface area contributed by atoms with E-state index in [-0.39, 0.29) is 46.0 Å². The molecule has 15 heteroatoms. The molecule has 3 amide bonds. The number of amides is 3. The maximum atomic E-state index is 13.5. The van der Waals surface area contributed by atoms with Gasteiger partial charge in [0.15, 0.2) is 0 Å². The number of carboxylic acid groups (broad SMARTS) is 1. The summed E-state index contributed by atoms with van der Waals surface area (Å²) in [5, 5.41) is 23.8. The van der Waals surface area contributed by atoms with Gasteiger partial charge in [-0.25, -0.2) is 4.79 Å². The number of fused-ring (bicyclic) bond motifs is 2. The Bertz CT molecular complexity index is 1720. The minimum absolute atomic E-state index is 0.0284. The van der Waals surface area contributed by atoms with Crippen LogP contribution in [0, 0.1) is 0 Å². The number of nitrogens with zero attached hydrogens (tertiary/aromatic N) is 2. The number of esters is 1. The van der Waals surface area contributed by atoms with Crippen molar-refractivity contribution in [2.24, 2.45) is 0 Å². The van der Waals surface area contributed by atoms with E-state index in [1.807, 2.05) is 0 Å². The minimum atomic E-state index is -1.40. The summed E-state index contributed by atoms with van der Waals surface area (Å²) in [6.07, 6.45) is 2.60. The molecule has 2 aliphatic rings. The molecule has 2 aliphatic heterocycles. The standard InChI is InChI=1S/C27H23N5O9S/c1-12(33)41-10-14-11-42-26-20(25(38)32(26)21(14)27(39)40)31-24(37)18(13-4-6-15(34)7-5-13)30-23(36)16-9-29-17-3-2-8-28-19(17)22(16)35/h2-9,18,20,26,34H,10-11H2,1H3,(H,29,35)(H,30,36)(H,31,37)(H,39,40)/t18?,20?,26-/m0/s1. The number of thioether (sulfide) groups is 1. The summed E-state index contributed by atoms with van der Waals surface area (Å²) in [4.78, 5) is 83.8. The van der Waals surface area contributed by atoms with Crippen molar-refractivity contribution in [1.29, 1.82) is 0 Å². The zero-order valence-electron chi connectivity index (χ0n) is 21.8. The van der Waals surface area contributed by atoms with Crippen LogP contribution in [-0.2, 0) is 23.9 Å². The lowest BCUT2D eigenvalue weighted by molar-refractivity contribution is -0.151. The van der Waals surface area contributed by atoms with Crippen molar-refractivity contribution in [1.82, 2.24) is 25.5 Å². The number of β-lactam (4-membered cyclic amide) rings is 1. The van der Waals surface area contributed by atoms with Crippen LogP contribution in [0.25, 0.3) is 11.0 Å². The number of aromatic amines is 1.